The highest BCUT2D eigenvalue weighted by Crippen LogP contribution is 2.15. The standard InChI is InChI=1S/C22H28N2O3/c1-4-6-15-27-20-13-9-18(10-14-20)22(26)24-19-11-7-17(8-12-19)21(25)23-16(3)5-2/h7-14,16H,4-6,15H2,1-3H3,(H,23,25)(H,24,26). The third-order valence-electron chi connectivity index (χ3n) is 4.28. The Balaban J connectivity index is 1.92. The monoisotopic (exact) mass is 368 g/mol. The van der Waals surface area contributed by atoms with Gasteiger partial charge in [0.05, 0.1) is 6.61 Å². The van der Waals surface area contributed by atoms with Gasteiger partial charge in [-0.2, -0.15) is 0 Å². The van der Waals surface area contributed by atoms with Crippen molar-refractivity contribution in [3.8, 4) is 5.75 Å². The van der Waals surface area contributed by atoms with Crippen LogP contribution in [0.2, 0.25) is 0 Å². The minimum absolute atomic E-state index is 0.110. The van der Waals surface area contributed by atoms with Crippen molar-refractivity contribution in [2.45, 2.75) is 46.1 Å². The van der Waals surface area contributed by atoms with Crippen LogP contribution in [0.4, 0.5) is 5.69 Å². The molecule has 0 aliphatic rings. The van der Waals surface area contributed by atoms with Gasteiger partial charge < -0.3 is 15.4 Å². The summed E-state index contributed by atoms with van der Waals surface area (Å²) in [7, 11) is 0. The Labute approximate surface area is 161 Å². The summed E-state index contributed by atoms with van der Waals surface area (Å²) in [6.45, 7) is 6.78. The summed E-state index contributed by atoms with van der Waals surface area (Å²) < 4.78 is 5.60. The first-order chi connectivity index (χ1) is 13.0. The number of hydrogen-bond acceptors (Lipinski definition) is 3. The second kappa shape index (κ2) is 10.4. The molecule has 5 heteroatoms. The Morgan fingerprint density at radius 2 is 1.52 bits per heavy atom. The molecule has 2 amide bonds. The topological polar surface area (TPSA) is 67.4 Å². The van der Waals surface area contributed by atoms with E-state index in [-0.39, 0.29) is 17.9 Å². The Morgan fingerprint density at radius 3 is 2.11 bits per heavy atom. The maximum absolute atomic E-state index is 12.4. The van der Waals surface area contributed by atoms with Crippen LogP contribution in [0.15, 0.2) is 48.5 Å². The molecular weight excluding hydrogens is 340 g/mol. The maximum atomic E-state index is 12.4. The third-order valence-corrected chi connectivity index (χ3v) is 4.28. The summed E-state index contributed by atoms with van der Waals surface area (Å²) in [4.78, 5) is 24.4. The molecule has 27 heavy (non-hydrogen) atoms. The lowest BCUT2D eigenvalue weighted by atomic mass is 10.1. The third kappa shape index (κ3) is 6.44. The highest BCUT2D eigenvalue weighted by Gasteiger charge is 2.10. The summed E-state index contributed by atoms with van der Waals surface area (Å²) in [5.74, 6) is 0.449. The van der Waals surface area contributed by atoms with Crippen LogP contribution in [0.3, 0.4) is 0 Å². The molecule has 0 aromatic heterocycles. The van der Waals surface area contributed by atoms with E-state index in [9.17, 15) is 9.59 Å². The molecule has 2 N–H and O–H groups in total. The lowest BCUT2D eigenvalue weighted by molar-refractivity contribution is 0.0938. The van der Waals surface area contributed by atoms with Crippen LogP contribution in [0.25, 0.3) is 0 Å². The number of carbonyl (C=O) groups is 2. The molecule has 0 radical (unpaired) electrons. The molecule has 0 saturated heterocycles. The minimum atomic E-state index is -0.202. The van der Waals surface area contributed by atoms with E-state index < -0.39 is 0 Å². The molecule has 1 atom stereocenters. The molecule has 5 nitrogen and oxygen atoms in total. The first-order valence-electron chi connectivity index (χ1n) is 9.48. The van der Waals surface area contributed by atoms with Crippen molar-refractivity contribution in [3.05, 3.63) is 59.7 Å². The van der Waals surface area contributed by atoms with Crippen molar-refractivity contribution >= 4 is 17.5 Å². The summed E-state index contributed by atoms with van der Waals surface area (Å²) in [5, 5.41) is 5.75. The number of unbranched alkanes of at least 4 members (excludes halogenated alkanes) is 1. The zero-order valence-electron chi connectivity index (χ0n) is 16.2. The van der Waals surface area contributed by atoms with Gasteiger partial charge in [-0.15, -0.1) is 0 Å². The number of ether oxygens (including phenoxy) is 1. The van der Waals surface area contributed by atoms with Crippen LogP contribution in [0.5, 0.6) is 5.75 Å². The van der Waals surface area contributed by atoms with Crippen molar-refractivity contribution in [3.63, 3.8) is 0 Å². The number of hydrogen-bond donors (Lipinski definition) is 2. The molecule has 2 aromatic carbocycles. The fraction of sp³-hybridized carbons (Fsp3) is 0.364. The van der Waals surface area contributed by atoms with E-state index in [0.29, 0.717) is 23.4 Å². The van der Waals surface area contributed by atoms with Gasteiger partial charge in [-0.3, -0.25) is 9.59 Å². The van der Waals surface area contributed by atoms with Crippen molar-refractivity contribution in [1.82, 2.24) is 5.32 Å². The van der Waals surface area contributed by atoms with Crippen LogP contribution >= 0.6 is 0 Å². The van der Waals surface area contributed by atoms with Gasteiger partial charge in [0.1, 0.15) is 5.75 Å². The van der Waals surface area contributed by atoms with E-state index in [4.69, 9.17) is 4.74 Å². The molecule has 2 rings (SSSR count). The van der Waals surface area contributed by atoms with Crippen molar-refractivity contribution in [1.29, 1.82) is 0 Å². The van der Waals surface area contributed by atoms with E-state index >= 15 is 0 Å². The minimum Gasteiger partial charge on any atom is -0.494 e. The van der Waals surface area contributed by atoms with Gasteiger partial charge in [0.2, 0.25) is 0 Å². The summed E-state index contributed by atoms with van der Waals surface area (Å²) in [6, 6.07) is 14.1. The molecule has 0 aliphatic carbocycles. The smallest absolute Gasteiger partial charge is 0.255 e. The van der Waals surface area contributed by atoms with Crippen LogP contribution < -0.4 is 15.4 Å². The summed E-state index contributed by atoms with van der Waals surface area (Å²) in [6.07, 6.45) is 2.97. The van der Waals surface area contributed by atoms with E-state index in [2.05, 4.69) is 17.6 Å². The predicted octanol–water partition coefficient (Wildman–Crippen LogP) is 4.65. The molecule has 0 heterocycles. The van der Waals surface area contributed by atoms with Crippen LogP contribution in [0, 0.1) is 0 Å². The van der Waals surface area contributed by atoms with Crippen LogP contribution in [-0.2, 0) is 0 Å². The highest BCUT2D eigenvalue weighted by molar-refractivity contribution is 6.04. The van der Waals surface area contributed by atoms with Gasteiger partial charge in [-0.05, 0) is 68.3 Å². The number of carbonyl (C=O) groups excluding carboxylic acids is 2. The normalized spacial score (nSPS) is 11.5. The Morgan fingerprint density at radius 1 is 0.926 bits per heavy atom. The van der Waals surface area contributed by atoms with Gasteiger partial charge in [0, 0.05) is 22.9 Å². The fourth-order valence-electron chi connectivity index (χ4n) is 2.35. The molecule has 0 saturated carbocycles. The van der Waals surface area contributed by atoms with E-state index in [1.807, 2.05) is 13.8 Å². The Hall–Kier alpha value is -2.82. The molecule has 0 spiro atoms. The number of anilines is 1. The molecule has 144 valence electrons. The summed E-state index contributed by atoms with van der Waals surface area (Å²) in [5.41, 5.74) is 1.77. The average Bonchev–Trinajstić information content (AvgIpc) is 2.69. The van der Waals surface area contributed by atoms with Gasteiger partial charge in [-0.25, -0.2) is 0 Å². The first-order valence-corrected chi connectivity index (χ1v) is 9.48. The molecular formula is C22H28N2O3. The number of amides is 2. The molecule has 1 unspecified atom stereocenters. The second-order valence-corrected chi connectivity index (χ2v) is 6.54. The molecule has 0 fully saturated rings. The largest absolute Gasteiger partial charge is 0.494 e. The van der Waals surface area contributed by atoms with Crippen molar-refractivity contribution in [2.24, 2.45) is 0 Å². The zero-order valence-corrected chi connectivity index (χ0v) is 16.2. The Kier molecular flexibility index (Phi) is 7.86. The fourth-order valence-corrected chi connectivity index (χ4v) is 2.35. The van der Waals surface area contributed by atoms with Gasteiger partial charge >= 0.3 is 0 Å². The first kappa shape index (κ1) is 20.5. The average molecular weight is 368 g/mol. The SMILES string of the molecule is CCCCOc1ccc(C(=O)Nc2ccc(C(=O)NC(C)CC)cc2)cc1. The van der Waals surface area contributed by atoms with E-state index in [1.165, 1.54) is 0 Å². The lowest BCUT2D eigenvalue weighted by Crippen LogP contribution is -2.31. The van der Waals surface area contributed by atoms with Crippen molar-refractivity contribution in [2.75, 3.05) is 11.9 Å². The van der Waals surface area contributed by atoms with Gasteiger partial charge in [0.15, 0.2) is 0 Å². The van der Waals surface area contributed by atoms with Crippen molar-refractivity contribution < 1.29 is 14.3 Å². The number of nitrogens with one attached hydrogen (secondary N) is 2. The van der Waals surface area contributed by atoms with Gasteiger partial charge in [-0.1, -0.05) is 20.3 Å². The number of benzene rings is 2. The van der Waals surface area contributed by atoms with E-state index in [0.717, 1.165) is 25.0 Å². The van der Waals surface area contributed by atoms with Gasteiger partial charge in [0.25, 0.3) is 11.8 Å². The van der Waals surface area contributed by atoms with Crippen LogP contribution in [0.1, 0.15) is 60.7 Å². The predicted molar refractivity (Wildman–Crippen MR) is 108 cm³/mol. The quantitative estimate of drug-likeness (QED) is 0.633. The molecule has 0 bridgehead atoms. The highest BCUT2D eigenvalue weighted by atomic mass is 16.5. The zero-order chi connectivity index (χ0) is 19.6. The van der Waals surface area contributed by atoms with E-state index in [1.54, 1.807) is 48.5 Å². The second-order valence-electron chi connectivity index (χ2n) is 6.54. The molecule has 0 aliphatic heterocycles. The molecule has 2 aromatic rings. The number of rotatable bonds is 9. The maximum Gasteiger partial charge on any atom is 0.255 e. The summed E-state index contributed by atoms with van der Waals surface area (Å²) >= 11 is 0. The Bertz CT molecular complexity index is 739. The van der Waals surface area contributed by atoms with Crippen LogP contribution in [-0.4, -0.2) is 24.5 Å². The lowest BCUT2D eigenvalue weighted by Gasteiger charge is -2.12.